The van der Waals surface area contributed by atoms with Crippen LogP contribution in [0, 0.1) is 0 Å². The van der Waals surface area contributed by atoms with Crippen LogP contribution >= 0.6 is 0 Å². The molecule has 0 atom stereocenters. The number of alkyl halides is 3. The fourth-order valence-electron chi connectivity index (χ4n) is 1.70. The molecule has 2 rings (SSSR count). The molecule has 0 fully saturated rings. The lowest BCUT2D eigenvalue weighted by Crippen LogP contribution is -2.15. The van der Waals surface area contributed by atoms with Crippen molar-refractivity contribution < 1.29 is 13.2 Å². The van der Waals surface area contributed by atoms with Crippen molar-refractivity contribution in [2.75, 3.05) is 0 Å². The first-order valence-electron chi connectivity index (χ1n) is 5.24. The van der Waals surface area contributed by atoms with Crippen molar-refractivity contribution in [3.8, 4) is 0 Å². The molecule has 2 heterocycles. The van der Waals surface area contributed by atoms with Crippen LogP contribution in [0.4, 0.5) is 13.2 Å². The van der Waals surface area contributed by atoms with E-state index in [4.69, 9.17) is 0 Å². The Kier molecular flexibility index (Phi) is 2.45. The SMILES string of the molecule is CC(C)(C)c1cnc2ccc(C(F)(F)F)cn12. The van der Waals surface area contributed by atoms with Crippen LogP contribution < -0.4 is 0 Å². The highest BCUT2D eigenvalue weighted by molar-refractivity contribution is 5.43. The second kappa shape index (κ2) is 3.48. The molecule has 0 saturated heterocycles. The van der Waals surface area contributed by atoms with Crippen LogP contribution in [0.3, 0.4) is 0 Å². The van der Waals surface area contributed by atoms with E-state index in [1.54, 1.807) is 6.20 Å². The van der Waals surface area contributed by atoms with Crippen LogP contribution in [0.25, 0.3) is 5.65 Å². The highest BCUT2D eigenvalue weighted by atomic mass is 19.4. The molecule has 0 aliphatic heterocycles. The summed E-state index contributed by atoms with van der Waals surface area (Å²) in [5.74, 6) is 0. The van der Waals surface area contributed by atoms with Gasteiger partial charge in [-0.1, -0.05) is 20.8 Å². The summed E-state index contributed by atoms with van der Waals surface area (Å²) in [6.07, 6.45) is -1.61. The number of nitrogens with zero attached hydrogens (tertiary/aromatic N) is 2. The highest BCUT2D eigenvalue weighted by Gasteiger charge is 2.31. The molecule has 92 valence electrons. The minimum atomic E-state index is -4.33. The molecule has 0 aromatic carbocycles. The van der Waals surface area contributed by atoms with Crippen molar-refractivity contribution >= 4 is 5.65 Å². The molecule has 0 aliphatic carbocycles. The summed E-state index contributed by atoms with van der Waals surface area (Å²) in [7, 11) is 0. The topological polar surface area (TPSA) is 17.3 Å². The standard InChI is InChI=1S/C12H13F3N2/c1-11(2,3)9-6-16-10-5-4-8(7-17(9)10)12(13,14)15/h4-7H,1-3H3. The Bertz CT molecular complexity index is 547. The lowest BCUT2D eigenvalue weighted by Gasteiger charge is -2.18. The third-order valence-electron chi connectivity index (χ3n) is 2.60. The molecule has 0 saturated carbocycles. The van der Waals surface area contributed by atoms with Crippen LogP contribution in [0.15, 0.2) is 24.5 Å². The predicted octanol–water partition coefficient (Wildman–Crippen LogP) is 3.65. The summed E-state index contributed by atoms with van der Waals surface area (Å²) in [4.78, 5) is 4.10. The smallest absolute Gasteiger partial charge is 0.303 e. The van der Waals surface area contributed by atoms with Crippen molar-refractivity contribution in [1.82, 2.24) is 9.38 Å². The Labute approximate surface area is 97.1 Å². The normalized spacial score (nSPS) is 13.3. The number of pyridine rings is 1. The van der Waals surface area contributed by atoms with Gasteiger partial charge in [-0.25, -0.2) is 4.98 Å². The van der Waals surface area contributed by atoms with Gasteiger partial charge in [0.05, 0.1) is 5.56 Å². The molecule has 2 aromatic heterocycles. The Morgan fingerprint density at radius 2 is 1.76 bits per heavy atom. The van der Waals surface area contributed by atoms with E-state index in [0.717, 1.165) is 18.0 Å². The van der Waals surface area contributed by atoms with Gasteiger partial charge < -0.3 is 4.40 Å². The van der Waals surface area contributed by atoms with Gasteiger partial charge in [-0.15, -0.1) is 0 Å². The molecular weight excluding hydrogens is 229 g/mol. The Hall–Kier alpha value is -1.52. The number of hydrogen-bond acceptors (Lipinski definition) is 1. The van der Waals surface area contributed by atoms with Crippen molar-refractivity contribution in [2.24, 2.45) is 0 Å². The summed E-state index contributed by atoms with van der Waals surface area (Å²) >= 11 is 0. The van der Waals surface area contributed by atoms with Gasteiger partial charge in [0.1, 0.15) is 5.65 Å². The predicted molar refractivity (Wildman–Crippen MR) is 58.9 cm³/mol. The van der Waals surface area contributed by atoms with Gasteiger partial charge in [0.15, 0.2) is 0 Å². The van der Waals surface area contributed by atoms with E-state index in [1.165, 1.54) is 10.5 Å². The van der Waals surface area contributed by atoms with Gasteiger partial charge >= 0.3 is 6.18 Å². The first-order chi connectivity index (χ1) is 7.69. The highest BCUT2D eigenvalue weighted by Crippen LogP contribution is 2.31. The Balaban J connectivity index is 2.67. The van der Waals surface area contributed by atoms with E-state index in [9.17, 15) is 13.2 Å². The molecule has 17 heavy (non-hydrogen) atoms. The van der Waals surface area contributed by atoms with E-state index in [-0.39, 0.29) is 5.41 Å². The monoisotopic (exact) mass is 242 g/mol. The quantitative estimate of drug-likeness (QED) is 0.689. The molecular formula is C12H13F3N2. The zero-order valence-electron chi connectivity index (χ0n) is 9.84. The molecule has 0 amide bonds. The summed E-state index contributed by atoms with van der Waals surface area (Å²) in [5.41, 5.74) is 0.388. The summed E-state index contributed by atoms with van der Waals surface area (Å²) < 4.78 is 39.4. The number of fused-ring (bicyclic) bond motifs is 1. The number of rotatable bonds is 0. The van der Waals surface area contributed by atoms with Gasteiger partial charge in [-0.3, -0.25) is 0 Å². The van der Waals surface area contributed by atoms with Gasteiger partial charge in [0, 0.05) is 23.5 Å². The minimum absolute atomic E-state index is 0.246. The second-order valence-corrected chi connectivity index (χ2v) is 5.04. The number of imidazole rings is 1. The average Bonchev–Trinajstić information content (AvgIpc) is 2.57. The fourth-order valence-corrected chi connectivity index (χ4v) is 1.70. The van der Waals surface area contributed by atoms with Crippen molar-refractivity contribution in [1.29, 1.82) is 0 Å². The second-order valence-electron chi connectivity index (χ2n) is 5.04. The van der Waals surface area contributed by atoms with Crippen LogP contribution in [-0.4, -0.2) is 9.38 Å². The molecule has 0 spiro atoms. The largest absolute Gasteiger partial charge is 0.417 e. The van der Waals surface area contributed by atoms with Crippen molar-refractivity contribution in [3.05, 3.63) is 35.8 Å². The summed E-state index contributed by atoms with van der Waals surface area (Å²) in [5, 5.41) is 0. The van der Waals surface area contributed by atoms with E-state index in [1.807, 2.05) is 20.8 Å². The molecule has 0 radical (unpaired) electrons. The van der Waals surface area contributed by atoms with E-state index >= 15 is 0 Å². The zero-order chi connectivity index (χ0) is 12.8. The molecule has 0 unspecified atom stereocenters. The first-order valence-corrected chi connectivity index (χ1v) is 5.24. The van der Waals surface area contributed by atoms with Crippen LogP contribution in [-0.2, 0) is 11.6 Å². The molecule has 2 nitrogen and oxygen atoms in total. The lowest BCUT2D eigenvalue weighted by molar-refractivity contribution is -0.137. The maximum Gasteiger partial charge on any atom is 0.417 e. The van der Waals surface area contributed by atoms with Gasteiger partial charge in [-0.05, 0) is 12.1 Å². The minimum Gasteiger partial charge on any atom is -0.303 e. The molecule has 2 aromatic rings. The van der Waals surface area contributed by atoms with Crippen molar-refractivity contribution in [3.63, 3.8) is 0 Å². The molecule has 0 bridgehead atoms. The lowest BCUT2D eigenvalue weighted by atomic mass is 9.93. The van der Waals surface area contributed by atoms with E-state index in [2.05, 4.69) is 4.98 Å². The van der Waals surface area contributed by atoms with Crippen molar-refractivity contribution in [2.45, 2.75) is 32.4 Å². The van der Waals surface area contributed by atoms with Crippen LogP contribution in [0.5, 0.6) is 0 Å². The fraction of sp³-hybridized carbons (Fsp3) is 0.417. The third kappa shape index (κ3) is 2.14. The Morgan fingerprint density at radius 1 is 1.12 bits per heavy atom. The maximum atomic E-state index is 12.6. The van der Waals surface area contributed by atoms with Crippen LogP contribution in [0.2, 0.25) is 0 Å². The van der Waals surface area contributed by atoms with E-state index in [0.29, 0.717) is 5.65 Å². The number of halogens is 3. The van der Waals surface area contributed by atoms with Gasteiger partial charge in [0.25, 0.3) is 0 Å². The number of aromatic nitrogens is 2. The zero-order valence-corrected chi connectivity index (χ0v) is 9.84. The van der Waals surface area contributed by atoms with E-state index < -0.39 is 11.7 Å². The molecule has 5 heteroatoms. The molecule has 0 N–H and O–H groups in total. The summed E-state index contributed by atoms with van der Waals surface area (Å²) in [6.45, 7) is 5.82. The summed E-state index contributed by atoms with van der Waals surface area (Å²) in [6, 6.07) is 2.44. The molecule has 0 aliphatic rings. The Morgan fingerprint density at radius 3 is 2.29 bits per heavy atom. The maximum absolute atomic E-state index is 12.6. The third-order valence-corrected chi connectivity index (χ3v) is 2.60. The van der Waals surface area contributed by atoms with Gasteiger partial charge in [0.2, 0.25) is 0 Å². The first kappa shape index (κ1) is 12.0. The van der Waals surface area contributed by atoms with Gasteiger partial charge in [-0.2, -0.15) is 13.2 Å². The van der Waals surface area contributed by atoms with Crippen LogP contribution in [0.1, 0.15) is 32.0 Å². The number of hydrogen-bond donors (Lipinski definition) is 0. The average molecular weight is 242 g/mol.